The standard InChI is InChI=1S/C14H21NO/c1-10-8-14(11(2)15-10)13-7-5-4-6-12(13)9-16-3/h4-7,10-11,14-15H,8-9H2,1-3H3. The lowest BCUT2D eigenvalue weighted by Crippen LogP contribution is -2.26. The number of hydrogen-bond donors (Lipinski definition) is 1. The first-order valence-electron chi connectivity index (χ1n) is 6.05. The van der Waals surface area contributed by atoms with E-state index in [4.69, 9.17) is 4.74 Å². The van der Waals surface area contributed by atoms with Gasteiger partial charge < -0.3 is 10.1 Å². The van der Waals surface area contributed by atoms with Crippen LogP contribution < -0.4 is 5.32 Å². The molecule has 0 spiro atoms. The summed E-state index contributed by atoms with van der Waals surface area (Å²) in [5.74, 6) is 0.626. The van der Waals surface area contributed by atoms with Crippen LogP contribution in [0, 0.1) is 0 Å². The Morgan fingerprint density at radius 3 is 2.69 bits per heavy atom. The van der Waals surface area contributed by atoms with Crippen LogP contribution in [0.2, 0.25) is 0 Å². The van der Waals surface area contributed by atoms with Crippen molar-refractivity contribution in [2.24, 2.45) is 0 Å². The van der Waals surface area contributed by atoms with Crippen LogP contribution in [0.5, 0.6) is 0 Å². The quantitative estimate of drug-likeness (QED) is 0.844. The molecule has 1 saturated heterocycles. The predicted molar refractivity (Wildman–Crippen MR) is 66.6 cm³/mol. The average molecular weight is 219 g/mol. The SMILES string of the molecule is COCc1ccccc1C1CC(C)NC1C. The molecule has 1 N–H and O–H groups in total. The molecule has 0 bridgehead atoms. The van der Waals surface area contributed by atoms with Gasteiger partial charge in [-0.15, -0.1) is 0 Å². The number of rotatable bonds is 3. The van der Waals surface area contributed by atoms with Gasteiger partial charge in [0.05, 0.1) is 6.61 Å². The van der Waals surface area contributed by atoms with Crippen molar-refractivity contribution in [2.75, 3.05) is 7.11 Å². The van der Waals surface area contributed by atoms with E-state index in [1.54, 1.807) is 7.11 Å². The Balaban J connectivity index is 2.25. The van der Waals surface area contributed by atoms with Crippen LogP contribution in [0.4, 0.5) is 0 Å². The van der Waals surface area contributed by atoms with Gasteiger partial charge in [-0.1, -0.05) is 24.3 Å². The van der Waals surface area contributed by atoms with E-state index in [1.165, 1.54) is 17.5 Å². The van der Waals surface area contributed by atoms with Crippen LogP contribution in [0.1, 0.15) is 37.3 Å². The number of methoxy groups -OCH3 is 1. The molecule has 1 aromatic rings. The molecule has 2 heteroatoms. The highest BCUT2D eigenvalue weighted by Gasteiger charge is 2.30. The lowest BCUT2D eigenvalue weighted by molar-refractivity contribution is 0.183. The molecule has 0 aromatic heterocycles. The van der Waals surface area contributed by atoms with E-state index < -0.39 is 0 Å². The monoisotopic (exact) mass is 219 g/mol. The maximum absolute atomic E-state index is 5.27. The molecule has 1 heterocycles. The second-order valence-corrected chi connectivity index (χ2v) is 4.83. The normalized spacial score (nSPS) is 29.6. The molecule has 1 aliphatic heterocycles. The first-order valence-corrected chi connectivity index (χ1v) is 6.05. The number of benzene rings is 1. The molecular weight excluding hydrogens is 198 g/mol. The molecule has 3 unspecified atom stereocenters. The van der Waals surface area contributed by atoms with E-state index in [2.05, 4.69) is 43.4 Å². The van der Waals surface area contributed by atoms with Gasteiger partial charge in [-0.2, -0.15) is 0 Å². The average Bonchev–Trinajstić information content (AvgIpc) is 2.59. The minimum absolute atomic E-state index is 0.563. The van der Waals surface area contributed by atoms with E-state index in [-0.39, 0.29) is 0 Å². The van der Waals surface area contributed by atoms with Gasteiger partial charge in [0.2, 0.25) is 0 Å². The Morgan fingerprint density at radius 1 is 1.31 bits per heavy atom. The van der Waals surface area contributed by atoms with Crippen molar-refractivity contribution in [2.45, 2.75) is 44.9 Å². The smallest absolute Gasteiger partial charge is 0.0715 e. The minimum atomic E-state index is 0.563. The third-order valence-corrected chi connectivity index (χ3v) is 3.51. The van der Waals surface area contributed by atoms with Crippen LogP contribution in [0.15, 0.2) is 24.3 Å². The summed E-state index contributed by atoms with van der Waals surface area (Å²) in [5, 5.41) is 3.59. The fourth-order valence-electron chi connectivity index (χ4n) is 2.80. The summed E-state index contributed by atoms with van der Waals surface area (Å²) in [6.45, 7) is 5.25. The minimum Gasteiger partial charge on any atom is -0.380 e. The zero-order valence-corrected chi connectivity index (χ0v) is 10.4. The van der Waals surface area contributed by atoms with Gasteiger partial charge in [-0.25, -0.2) is 0 Å². The lowest BCUT2D eigenvalue weighted by atomic mass is 9.88. The lowest BCUT2D eigenvalue weighted by Gasteiger charge is -2.18. The second kappa shape index (κ2) is 4.98. The zero-order chi connectivity index (χ0) is 11.5. The molecule has 2 rings (SSSR count). The molecule has 0 saturated carbocycles. The van der Waals surface area contributed by atoms with E-state index >= 15 is 0 Å². The highest BCUT2D eigenvalue weighted by atomic mass is 16.5. The summed E-state index contributed by atoms with van der Waals surface area (Å²) >= 11 is 0. The first-order chi connectivity index (χ1) is 7.72. The summed E-state index contributed by atoms with van der Waals surface area (Å²) in [6, 6.07) is 9.83. The van der Waals surface area contributed by atoms with Crippen LogP contribution in [-0.4, -0.2) is 19.2 Å². The Kier molecular flexibility index (Phi) is 3.62. The van der Waals surface area contributed by atoms with Crippen molar-refractivity contribution in [3.05, 3.63) is 35.4 Å². The van der Waals surface area contributed by atoms with E-state index in [0.29, 0.717) is 24.6 Å². The molecule has 3 atom stereocenters. The Labute approximate surface area is 98.0 Å². The van der Waals surface area contributed by atoms with Gasteiger partial charge in [0.25, 0.3) is 0 Å². The topological polar surface area (TPSA) is 21.3 Å². The van der Waals surface area contributed by atoms with Crippen LogP contribution in [0.25, 0.3) is 0 Å². The van der Waals surface area contributed by atoms with Gasteiger partial charge in [-0.3, -0.25) is 0 Å². The maximum atomic E-state index is 5.27. The Morgan fingerprint density at radius 2 is 2.06 bits per heavy atom. The molecule has 88 valence electrons. The van der Waals surface area contributed by atoms with Gasteiger partial charge in [0.15, 0.2) is 0 Å². The Bertz CT molecular complexity index is 350. The van der Waals surface area contributed by atoms with E-state index in [0.717, 1.165) is 0 Å². The maximum Gasteiger partial charge on any atom is 0.0715 e. The van der Waals surface area contributed by atoms with Crippen LogP contribution in [0.3, 0.4) is 0 Å². The van der Waals surface area contributed by atoms with Crippen molar-refractivity contribution in [3.63, 3.8) is 0 Å². The number of ether oxygens (including phenoxy) is 1. The first kappa shape index (κ1) is 11.6. The highest BCUT2D eigenvalue weighted by Crippen LogP contribution is 2.32. The highest BCUT2D eigenvalue weighted by molar-refractivity contribution is 5.32. The van der Waals surface area contributed by atoms with Crippen molar-refractivity contribution in [1.82, 2.24) is 5.32 Å². The molecule has 0 amide bonds. The second-order valence-electron chi connectivity index (χ2n) is 4.83. The summed E-state index contributed by atoms with van der Waals surface area (Å²) in [5.41, 5.74) is 2.78. The van der Waals surface area contributed by atoms with E-state index in [1.807, 2.05) is 0 Å². The van der Waals surface area contributed by atoms with Gasteiger partial charge in [0.1, 0.15) is 0 Å². The molecular formula is C14H21NO. The van der Waals surface area contributed by atoms with Crippen molar-refractivity contribution in [3.8, 4) is 0 Å². The third kappa shape index (κ3) is 2.28. The molecule has 0 aliphatic carbocycles. The third-order valence-electron chi connectivity index (χ3n) is 3.51. The summed E-state index contributed by atoms with van der Waals surface area (Å²) < 4.78 is 5.27. The molecule has 0 radical (unpaired) electrons. The summed E-state index contributed by atoms with van der Waals surface area (Å²) in [6.07, 6.45) is 1.22. The van der Waals surface area contributed by atoms with Gasteiger partial charge in [-0.05, 0) is 31.4 Å². The molecule has 16 heavy (non-hydrogen) atoms. The van der Waals surface area contributed by atoms with Crippen molar-refractivity contribution >= 4 is 0 Å². The van der Waals surface area contributed by atoms with Crippen molar-refractivity contribution < 1.29 is 4.74 Å². The van der Waals surface area contributed by atoms with Gasteiger partial charge >= 0.3 is 0 Å². The zero-order valence-electron chi connectivity index (χ0n) is 10.4. The number of hydrogen-bond acceptors (Lipinski definition) is 2. The fraction of sp³-hybridized carbons (Fsp3) is 0.571. The molecule has 1 aliphatic rings. The number of nitrogens with one attached hydrogen (secondary N) is 1. The molecule has 1 fully saturated rings. The largest absolute Gasteiger partial charge is 0.380 e. The molecule has 2 nitrogen and oxygen atoms in total. The van der Waals surface area contributed by atoms with Crippen molar-refractivity contribution in [1.29, 1.82) is 0 Å². The van der Waals surface area contributed by atoms with Crippen LogP contribution >= 0.6 is 0 Å². The van der Waals surface area contributed by atoms with E-state index in [9.17, 15) is 0 Å². The fourth-order valence-corrected chi connectivity index (χ4v) is 2.80. The summed E-state index contributed by atoms with van der Waals surface area (Å²) in [4.78, 5) is 0. The van der Waals surface area contributed by atoms with Crippen LogP contribution in [-0.2, 0) is 11.3 Å². The Hall–Kier alpha value is -0.860. The van der Waals surface area contributed by atoms with Gasteiger partial charge in [0, 0.05) is 25.1 Å². The molecule has 1 aromatic carbocycles. The predicted octanol–water partition coefficient (Wildman–Crippen LogP) is 2.69. The summed E-state index contributed by atoms with van der Waals surface area (Å²) in [7, 11) is 1.76.